The summed E-state index contributed by atoms with van der Waals surface area (Å²) < 4.78 is 0. The Labute approximate surface area is 113 Å². The first-order valence-corrected chi connectivity index (χ1v) is 5.69. The third kappa shape index (κ3) is 2.36. The van der Waals surface area contributed by atoms with Crippen LogP contribution in [0.15, 0.2) is 42.1 Å². The highest BCUT2D eigenvalue weighted by Gasteiger charge is 2.33. The molecule has 0 fully saturated rings. The molecule has 1 aliphatic rings. The zero-order valence-electron chi connectivity index (χ0n) is 10.4. The van der Waals surface area contributed by atoms with E-state index in [4.69, 9.17) is 11.5 Å². The lowest BCUT2D eigenvalue weighted by Gasteiger charge is -2.27. The monoisotopic (exact) mass is 276 g/mol. The van der Waals surface area contributed by atoms with E-state index in [0.717, 1.165) is 0 Å². The number of nitro benzene ring substituents is 1. The number of allylic oxidation sites excluding steroid dienone is 2. The summed E-state index contributed by atoms with van der Waals surface area (Å²) in [6, 6.07) is 4.16. The van der Waals surface area contributed by atoms with Gasteiger partial charge in [0.2, 0.25) is 5.70 Å². The molecular formula is C12H12N4O4. The molecule has 0 spiro atoms. The Bertz CT molecular complexity index is 653. The van der Waals surface area contributed by atoms with Crippen molar-refractivity contribution in [3.63, 3.8) is 0 Å². The van der Waals surface area contributed by atoms with Crippen LogP contribution in [0.25, 0.3) is 0 Å². The number of hydrogen-bond donors (Lipinski definition) is 2. The fourth-order valence-electron chi connectivity index (χ4n) is 2.06. The lowest BCUT2D eigenvalue weighted by molar-refractivity contribution is -0.429. The number of nitrogens with zero attached hydrogens (tertiary/aromatic N) is 2. The van der Waals surface area contributed by atoms with Gasteiger partial charge in [-0.25, -0.2) is 0 Å². The molecule has 0 saturated carbocycles. The van der Waals surface area contributed by atoms with Gasteiger partial charge in [0.05, 0.1) is 21.8 Å². The van der Waals surface area contributed by atoms with Crippen LogP contribution in [0.5, 0.6) is 0 Å². The number of nitro groups is 2. The van der Waals surface area contributed by atoms with Gasteiger partial charge in [0, 0.05) is 12.1 Å². The van der Waals surface area contributed by atoms with E-state index in [2.05, 4.69) is 0 Å². The molecule has 1 aromatic carbocycles. The third-order valence-electron chi connectivity index (χ3n) is 3.15. The molecule has 20 heavy (non-hydrogen) atoms. The Morgan fingerprint density at radius 1 is 1.20 bits per heavy atom. The minimum atomic E-state index is -1.16. The molecule has 1 atom stereocenters. The van der Waals surface area contributed by atoms with Gasteiger partial charge in [0.15, 0.2) is 0 Å². The van der Waals surface area contributed by atoms with Gasteiger partial charge in [-0.1, -0.05) is 18.2 Å². The number of hydrogen-bond acceptors (Lipinski definition) is 6. The number of nitrogens with two attached hydrogens (primary N) is 2. The predicted molar refractivity (Wildman–Crippen MR) is 72.2 cm³/mol. The summed E-state index contributed by atoms with van der Waals surface area (Å²) in [6.07, 6.45) is 4.37. The molecule has 0 bridgehead atoms. The van der Waals surface area contributed by atoms with Gasteiger partial charge >= 0.3 is 0 Å². The second kappa shape index (κ2) is 4.74. The van der Waals surface area contributed by atoms with E-state index in [1.54, 1.807) is 6.08 Å². The Balaban J connectivity index is 2.44. The molecule has 0 amide bonds. The van der Waals surface area contributed by atoms with Gasteiger partial charge < -0.3 is 11.5 Å². The normalized spacial score (nSPS) is 21.4. The van der Waals surface area contributed by atoms with E-state index >= 15 is 0 Å². The number of benzene rings is 1. The molecule has 0 heterocycles. The molecule has 1 aromatic rings. The molecule has 8 nitrogen and oxygen atoms in total. The van der Waals surface area contributed by atoms with Crippen molar-refractivity contribution in [2.45, 2.75) is 12.0 Å². The smallest absolute Gasteiger partial charge is 0.292 e. The van der Waals surface area contributed by atoms with Crippen molar-refractivity contribution in [2.75, 3.05) is 5.73 Å². The van der Waals surface area contributed by atoms with Crippen LogP contribution in [0.2, 0.25) is 0 Å². The van der Waals surface area contributed by atoms with Crippen LogP contribution in [-0.2, 0) is 5.54 Å². The van der Waals surface area contributed by atoms with E-state index in [-0.39, 0.29) is 23.5 Å². The van der Waals surface area contributed by atoms with E-state index in [9.17, 15) is 20.2 Å². The molecule has 0 saturated heterocycles. The molecule has 4 N–H and O–H groups in total. The first-order valence-electron chi connectivity index (χ1n) is 5.69. The lowest BCUT2D eigenvalue weighted by Crippen LogP contribution is -2.37. The van der Waals surface area contributed by atoms with Gasteiger partial charge in [0.25, 0.3) is 5.69 Å². The standard InChI is InChI=1S/C12H12N4O4/c13-10-4-3-8(6-11(10)16(19)20)12(14)5-1-2-9(7-12)15(17)18/h1-6H,7,13-14H2. The Kier molecular flexibility index (Phi) is 3.24. The van der Waals surface area contributed by atoms with Crippen molar-refractivity contribution in [1.29, 1.82) is 0 Å². The van der Waals surface area contributed by atoms with Crippen molar-refractivity contribution in [2.24, 2.45) is 5.73 Å². The highest BCUT2D eigenvalue weighted by Crippen LogP contribution is 2.34. The number of rotatable bonds is 3. The van der Waals surface area contributed by atoms with Crippen LogP contribution in [0.1, 0.15) is 12.0 Å². The zero-order chi connectivity index (χ0) is 14.9. The molecule has 2 rings (SSSR count). The summed E-state index contributed by atoms with van der Waals surface area (Å²) in [5, 5.41) is 21.7. The predicted octanol–water partition coefficient (Wildman–Crippen LogP) is 1.45. The van der Waals surface area contributed by atoms with Crippen molar-refractivity contribution in [1.82, 2.24) is 0 Å². The summed E-state index contributed by atoms with van der Waals surface area (Å²) in [6.45, 7) is 0. The second-order valence-corrected chi connectivity index (χ2v) is 4.52. The maximum atomic E-state index is 10.9. The number of anilines is 1. The Hall–Kier alpha value is -2.74. The average Bonchev–Trinajstić information content (AvgIpc) is 2.38. The lowest BCUT2D eigenvalue weighted by atomic mass is 9.83. The Morgan fingerprint density at radius 3 is 2.50 bits per heavy atom. The minimum Gasteiger partial charge on any atom is -0.393 e. The van der Waals surface area contributed by atoms with Gasteiger partial charge in [-0.05, 0) is 11.6 Å². The minimum absolute atomic E-state index is 0.0205. The molecule has 0 radical (unpaired) electrons. The highest BCUT2D eigenvalue weighted by molar-refractivity contribution is 5.60. The molecule has 1 aliphatic carbocycles. The van der Waals surface area contributed by atoms with Gasteiger partial charge in [-0.3, -0.25) is 20.2 Å². The van der Waals surface area contributed by atoms with E-state index in [0.29, 0.717) is 5.56 Å². The second-order valence-electron chi connectivity index (χ2n) is 4.52. The van der Waals surface area contributed by atoms with Crippen LogP contribution >= 0.6 is 0 Å². The van der Waals surface area contributed by atoms with Crippen molar-refractivity contribution in [3.05, 3.63) is 67.9 Å². The SMILES string of the molecule is Nc1ccc(C2(N)C=CC=C([N+](=O)[O-])C2)cc1[N+](=O)[O-]. The van der Waals surface area contributed by atoms with E-state index in [1.165, 1.54) is 30.4 Å². The summed E-state index contributed by atoms with van der Waals surface area (Å²) in [5.74, 6) is 0. The third-order valence-corrected chi connectivity index (χ3v) is 3.15. The topological polar surface area (TPSA) is 138 Å². The molecular weight excluding hydrogens is 264 g/mol. The van der Waals surface area contributed by atoms with Crippen LogP contribution in [-0.4, -0.2) is 9.85 Å². The molecule has 1 unspecified atom stereocenters. The molecule has 8 heteroatoms. The van der Waals surface area contributed by atoms with Crippen LogP contribution in [0.3, 0.4) is 0 Å². The van der Waals surface area contributed by atoms with Crippen LogP contribution < -0.4 is 11.5 Å². The van der Waals surface area contributed by atoms with Gasteiger partial charge in [0.1, 0.15) is 5.69 Å². The first kappa shape index (κ1) is 13.7. The highest BCUT2D eigenvalue weighted by atomic mass is 16.6. The van der Waals surface area contributed by atoms with Crippen LogP contribution in [0, 0.1) is 20.2 Å². The van der Waals surface area contributed by atoms with Crippen molar-refractivity contribution < 1.29 is 9.85 Å². The maximum Gasteiger partial charge on any atom is 0.292 e. The van der Waals surface area contributed by atoms with Crippen molar-refractivity contribution in [3.8, 4) is 0 Å². The first-order chi connectivity index (χ1) is 9.33. The quantitative estimate of drug-likeness (QED) is 0.486. The molecule has 0 aromatic heterocycles. The summed E-state index contributed by atoms with van der Waals surface area (Å²) in [4.78, 5) is 20.6. The summed E-state index contributed by atoms with van der Waals surface area (Å²) >= 11 is 0. The fourth-order valence-corrected chi connectivity index (χ4v) is 2.06. The fraction of sp³-hybridized carbons (Fsp3) is 0.167. The number of nitrogen functional groups attached to an aromatic ring is 1. The average molecular weight is 276 g/mol. The van der Waals surface area contributed by atoms with Gasteiger partial charge in [-0.15, -0.1) is 0 Å². The molecule has 0 aliphatic heterocycles. The molecule has 104 valence electrons. The zero-order valence-corrected chi connectivity index (χ0v) is 10.4. The van der Waals surface area contributed by atoms with Crippen LogP contribution in [0.4, 0.5) is 11.4 Å². The maximum absolute atomic E-state index is 10.9. The summed E-state index contributed by atoms with van der Waals surface area (Å²) in [5.41, 5.74) is 10.6. The largest absolute Gasteiger partial charge is 0.393 e. The van der Waals surface area contributed by atoms with E-state index in [1.807, 2.05) is 0 Å². The van der Waals surface area contributed by atoms with Gasteiger partial charge in [-0.2, -0.15) is 0 Å². The Morgan fingerprint density at radius 2 is 1.90 bits per heavy atom. The van der Waals surface area contributed by atoms with Crippen molar-refractivity contribution >= 4 is 11.4 Å². The summed E-state index contributed by atoms with van der Waals surface area (Å²) in [7, 11) is 0. The van der Waals surface area contributed by atoms with E-state index < -0.39 is 15.4 Å².